The Morgan fingerprint density at radius 2 is 1.62 bits per heavy atom. The molecule has 2 aromatic rings. The van der Waals surface area contributed by atoms with Gasteiger partial charge in [0.25, 0.3) is 5.91 Å². The standard InChI is InChI=1S/C19H24N2O4S/c1-3-15-5-11-18(12-6-15)26(23,24)21-14-13-20-19(22)16-7-9-17(10-8-16)25-4-2/h5-12,21H,3-4,13-14H2,1-2H3,(H,20,22). The van der Waals surface area contributed by atoms with Crippen LogP contribution in [0, 0.1) is 0 Å². The van der Waals surface area contributed by atoms with Crippen LogP contribution in [0.2, 0.25) is 0 Å². The van der Waals surface area contributed by atoms with Gasteiger partial charge >= 0.3 is 0 Å². The second-order valence-corrected chi connectivity index (χ2v) is 7.38. The first-order chi connectivity index (χ1) is 12.5. The molecule has 7 heteroatoms. The molecule has 0 spiro atoms. The highest BCUT2D eigenvalue weighted by molar-refractivity contribution is 7.89. The van der Waals surface area contributed by atoms with Gasteiger partial charge in [0, 0.05) is 18.7 Å². The summed E-state index contributed by atoms with van der Waals surface area (Å²) in [5.41, 5.74) is 1.57. The fourth-order valence-electron chi connectivity index (χ4n) is 2.32. The predicted molar refractivity (Wildman–Crippen MR) is 101 cm³/mol. The Bertz CT molecular complexity index is 816. The molecule has 0 aromatic heterocycles. The fraction of sp³-hybridized carbons (Fsp3) is 0.316. The van der Waals surface area contributed by atoms with Gasteiger partial charge in [0.2, 0.25) is 10.0 Å². The van der Waals surface area contributed by atoms with Gasteiger partial charge in [-0.15, -0.1) is 0 Å². The maximum atomic E-state index is 12.2. The van der Waals surface area contributed by atoms with Crippen molar-refractivity contribution in [2.45, 2.75) is 25.2 Å². The van der Waals surface area contributed by atoms with Crippen LogP contribution < -0.4 is 14.8 Å². The second kappa shape index (κ2) is 9.35. The van der Waals surface area contributed by atoms with Crippen molar-refractivity contribution in [2.75, 3.05) is 19.7 Å². The van der Waals surface area contributed by atoms with E-state index in [2.05, 4.69) is 10.0 Å². The van der Waals surface area contributed by atoms with E-state index in [1.54, 1.807) is 48.5 Å². The zero-order chi connectivity index (χ0) is 19.0. The van der Waals surface area contributed by atoms with Crippen molar-refractivity contribution in [1.82, 2.24) is 10.0 Å². The summed E-state index contributed by atoms with van der Waals surface area (Å²) in [6, 6.07) is 13.5. The number of nitrogens with one attached hydrogen (secondary N) is 2. The zero-order valence-electron chi connectivity index (χ0n) is 15.0. The normalized spacial score (nSPS) is 11.2. The van der Waals surface area contributed by atoms with Crippen molar-refractivity contribution in [3.63, 3.8) is 0 Å². The SMILES string of the molecule is CCOc1ccc(C(=O)NCCNS(=O)(=O)c2ccc(CC)cc2)cc1. The lowest BCUT2D eigenvalue weighted by molar-refractivity contribution is 0.0954. The van der Waals surface area contributed by atoms with Crippen molar-refractivity contribution < 1.29 is 17.9 Å². The third-order valence-electron chi connectivity index (χ3n) is 3.77. The summed E-state index contributed by atoms with van der Waals surface area (Å²) in [4.78, 5) is 12.3. The van der Waals surface area contributed by atoms with Crippen molar-refractivity contribution in [3.8, 4) is 5.75 Å². The third kappa shape index (κ3) is 5.57. The number of rotatable bonds is 9. The fourth-order valence-corrected chi connectivity index (χ4v) is 3.35. The van der Waals surface area contributed by atoms with Crippen LogP contribution in [0.15, 0.2) is 53.4 Å². The Kier molecular flexibility index (Phi) is 7.17. The van der Waals surface area contributed by atoms with Crippen LogP contribution in [0.5, 0.6) is 5.75 Å². The van der Waals surface area contributed by atoms with Crippen molar-refractivity contribution >= 4 is 15.9 Å². The van der Waals surface area contributed by atoms with Crippen molar-refractivity contribution in [3.05, 3.63) is 59.7 Å². The summed E-state index contributed by atoms with van der Waals surface area (Å²) in [7, 11) is -3.58. The Hall–Kier alpha value is -2.38. The van der Waals surface area contributed by atoms with Crippen LogP contribution in [0.4, 0.5) is 0 Å². The Morgan fingerprint density at radius 3 is 2.19 bits per heavy atom. The van der Waals surface area contributed by atoms with Gasteiger partial charge in [-0.25, -0.2) is 13.1 Å². The molecular formula is C19H24N2O4S. The topological polar surface area (TPSA) is 84.5 Å². The van der Waals surface area contributed by atoms with E-state index >= 15 is 0 Å². The highest BCUT2D eigenvalue weighted by Gasteiger charge is 2.13. The molecule has 6 nitrogen and oxygen atoms in total. The molecule has 0 saturated heterocycles. The average Bonchev–Trinajstić information content (AvgIpc) is 2.66. The number of aryl methyl sites for hydroxylation is 1. The summed E-state index contributed by atoms with van der Waals surface area (Å²) in [6.07, 6.45) is 0.853. The minimum atomic E-state index is -3.58. The average molecular weight is 376 g/mol. The van der Waals surface area contributed by atoms with E-state index in [0.29, 0.717) is 17.9 Å². The van der Waals surface area contributed by atoms with Crippen molar-refractivity contribution in [2.24, 2.45) is 0 Å². The number of hydrogen-bond acceptors (Lipinski definition) is 4. The Morgan fingerprint density at radius 1 is 0.962 bits per heavy atom. The van der Waals surface area contributed by atoms with Crippen LogP contribution in [0.1, 0.15) is 29.8 Å². The molecule has 140 valence electrons. The molecule has 0 atom stereocenters. The molecule has 0 saturated carbocycles. The lowest BCUT2D eigenvalue weighted by Crippen LogP contribution is -2.34. The first-order valence-electron chi connectivity index (χ1n) is 8.56. The van der Waals surface area contributed by atoms with E-state index in [1.807, 2.05) is 13.8 Å². The van der Waals surface area contributed by atoms with Crippen LogP contribution in [-0.4, -0.2) is 34.0 Å². The molecule has 26 heavy (non-hydrogen) atoms. The Balaban J connectivity index is 1.82. The van der Waals surface area contributed by atoms with Gasteiger partial charge in [0.1, 0.15) is 5.75 Å². The molecule has 2 rings (SSSR count). The van der Waals surface area contributed by atoms with Crippen LogP contribution in [-0.2, 0) is 16.4 Å². The molecule has 0 bridgehead atoms. The quantitative estimate of drug-likeness (QED) is 0.658. The van der Waals surface area contributed by atoms with Gasteiger partial charge in [-0.2, -0.15) is 0 Å². The van der Waals surface area contributed by atoms with E-state index in [1.165, 1.54) is 0 Å². The molecule has 0 fully saturated rings. The van der Waals surface area contributed by atoms with Crippen LogP contribution in [0.25, 0.3) is 0 Å². The molecule has 0 aliphatic heterocycles. The highest BCUT2D eigenvalue weighted by Crippen LogP contribution is 2.12. The minimum absolute atomic E-state index is 0.112. The first-order valence-corrected chi connectivity index (χ1v) is 10.0. The van der Waals surface area contributed by atoms with Crippen molar-refractivity contribution in [1.29, 1.82) is 0 Å². The summed E-state index contributed by atoms with van der Waals surface area (Å²) in [5.74, 6) is 0.436. The number of amides is 1. The number of ether oxygens (including phenoxy) is 1. The van der Waals surface area contributed by atoms with Crippen LogP contribution in [0.3, 0.4) is 0 Å². The monoisotopic (exact) mass is 376 g/mol. The summed E-state index contributed by atoms with van der Waals surface area (Å²) in [6.45, 7) is 4.76. The molecule has 0 unspecified atom stereocenters. The minimum Gasteiger partial charge on any atom is -0.494 e. The third-order valence-corrected chi connectivity index (χ3v) is 5.25. The molecule has 0 heterocycles. The molecule has 0 aliphatic carbocycles. The maximum Gasteiger partial charge on any atom is 0.251 e. The Labute approximate surface area is 154 Å². The smallest absolute Gasteiger partial charge is 0.251 e. The van der Waals surface area contributed by atoms with Gasteiger partial charge in [0.15, 0.2) is 0 Å². The molecule has 0 radical (unpaired) electrons. The highest BCUT2D eigenvalue weighted by atomic mass is 32.2. The number of hydrogen-bond donors (Lipinski definition) is 2. The van der Waals surface area contributed by atoms with Gasteiger partial charge in [0.05, 0.1) is 11.5 Å². The largest absolute Gasteiger partial charge is 0.494 e. The molecule has 0 aliphatic rings. The van der Waals surface area contributed by atoms with E-state index in [0.717, 1.165) is 12.0 Å². The number of carbonyl (C=O) groups excluding carboxylic acids is 1. The van der Waals surface area contributed by atoms with Crippen LogP contribution >= 0.6 is 0 Å². The number of benzene rings is 2. The lowest BCUT2D eigenvalue weighted by Gasteiger charge is -2.09. The first kappa shape index (κ1) is 19.9. The maximum absolute atomic E-state index is 12.2. The number of carbonyl (C=O) groups is 1. The molecule has 2 aromatic carbocycles. The summed E-state index contributed by atoms with van der Waals surface area (Å²) in [5, 5.41) is 2.69. The van der Waals surface area contributed by atoms with Gasteiger partial charge < -0.3 is 10.1 Å². The van der Waals surface area contributed by atoms with E-state index in [-0.39, 0.29) is 23.9 Å². The van der Waals surface area contributed by atoms with E-state index in [9.17, 15) is 13.2 Å². The van der Waals surface area contributed by atoms with Gasteiger partial charge in [-0.3, -0.25) is 4.79 Å². The molecular weight excluding hydrogens is 352 g/mol. The van der Waals surface area contributed by atoms with E-state index < -0.39 is 10.0 Å². The number of sulfonamides is 1. The molecule has 1 amide bonds. The second-order valence-electron chi connectivity index (χ2n) is 5.61. The lowest BCUT2D eigenvalue weighted by atomic mass is 10.2. The van der Waals surface area contributed by atoms with Gasteiger partial charge in [-0.1, -0.05) is 19.1 Å². The molecule has 2 N–H and O–H groups in total. The summed E-state index contributed by atoms with van der Waals surface area (Å²) < 4.78 is 32.2. The zero-order valence-corrected chi connectivity index (χ0v) is 15.8. The summed E-state index contributed by atoms with van der Waals surface area (Å²) >= 11 is 0. The predicted octanol–water partition coefficient (Wildman–Crippen LogP) is 2.36. The van der Waals surface area contributed by atoms with Gasteiger partial charge in [-0.05, 0) is 55.3 Å². The van der Waals surface area contributed by atoms with E-state index in [4.69, 9.17) is 4.74 Å².